The van der Waals surface area contributed by atoms with Gasteiger partial charge in [-0.2, -0.15) is 0 Å². The first-order valence-electron chi connectivity index (χ1n) is 9.23. The van der Waals surface area contributed by atoms with E-state index < -0.39 is 28.9 Å². The molecule has 0 aromatic heterocycles. The van der Waals surface area contributed by atoms with Gasteiger partial charge in [0.05, 0.1) is 10.5 Å². The van der Waals surface area contributed by atoms with Crippen LogP contribution in [-0.4, -0.2) is 46.9 Å². The summed E-state index contributed by atoms with van der Waals surface area (Å²) < 4.78 is 5.21. The topological polar surface area (TPSA) is 131 Å². The van der Waals surface area contributed by atoms with Crippen LogP contribution in [0.3, 0.4) is 0 Å². The highest BCUT2D eigenvalue weighted by atomic mass is 16.6. The Kier molecular flexibility index (Phi) is 6.26. The van der Waals surface area contributed by atoms with Gasteiger partial charge in [-0.3, -0.25) is 19.8 Å². The predicted octanol–water partition coefficient (Wildman–Crippen LogP) is 2.30. The summed E-state index contributed by atoms with van der Waals surface area (Å²) in [5.41, 5.74) is 0.905. The van der Waals surface area contributed by atoms with Crippen molar-refractivity contribution < 1.29 is 24.0 Å². The molecule has 0 radical (unpaired) electrons. The second-order valence-electron chi connectivity index (χ2n) is 6.60. The van der Waals surface area contributed by atoms with Gasteiger partial charge in [0.1, 0.15) is 0 Å². The van der Waals surface area contributed by atoms with Crippen LogP contribution in [0.4, 0.5) is 16.2 Å². The van der Waals surface area contributed by atoms with Crippen LogP contribution in [-0.2, 0) is 16.1 Å². The lowest BCUT2D eigenvalue weighted by atomic mass is 10.1. The van der Waals surface area contributed by atoms with Crippen molar-refractivity contribution in [3.63, 3.8) is 0 Å². The molecule has 1 atom stereocenters. The smallest absolute Gasteiger partial charge is 0.341 e. The maximum absolute atomic E-state index is 12.7. The summed E-state index contributed by atoms with van der Waals surface area (Å²) in [6.45, 7) is 2.23. The van der Waals surface area contributed by atoms with Crippen LogP contribution in [0.2, 0.25) is 0 Å². The van der Waals surface area contributed by atoms with Crippen LogP contribution < -0.4 is 10.6 Å². The maximum atomic E-state index is 12.7. The van der Waals surface area contributed by atoms with Crippen molar-refractivity contribution in [1.29, 1.82) is 0 Å². The third-order valence-electron chi connectivity index (χ3n) is 4.51. The van der Waals surface area contributed by atoms with Crippen LogP contribution in [0.5, 0.6) is 0 Å². The number of hydrogen-bond donors (Lipinski definition) is 2. The van der Waals surface area contributed by atoms with E-state index >= 15 is 0 Å². The molecular formula is C20H20N4O6. The first-order chi connectivity index (χ1) is 14.4. The first kappa shape index (κ1) is 20.8. The first-order valence-corrected chi connectivity index (χ1v) is 9.23. The van der Waals surface area contributed by atoms with Gasteiger partial charge >= 0.3 is 12.0 Å². The molecule has 2 aromatic rings. The van der Waals surface area contributed by atoms with Crippen molar-refractivity contribution >= 4 is 29.3 Å². The molecule has 2 N–H and O–H groups in total. The van der Waals surface area contributed by atoms with Crippen LogP contribution in [0.1, 0.15) is 22.8 Å². The number of benzene rings is 2. The van der Waals surface area contributed by atoms with Gasteiger partial charge < -0.3 is 15.4 Å². The van der Waals surface area contributed by atoms with E-state index in [0.29, 0.717) is 18.8 Å². The molecule has 156 valence electrons. The summed E-state index contributed by atoms with van der Waals surface area (Å²) in [7, 11) is 0. The highest BCUT2D eigenvalue weighted by Crippen LogP contribution is 2.24. The van der Waals surface area contributed by atoms with Crippen molar-refractivity contribution in [3.8, 4) is 0 Å². The number of anilines is 1. The fraction of sp³-hybridized carbons (Fsp3) is 0.250. The zero-order valence-corrected chi connectivity index (χ0v) is 16.2. The van der Waals surface area contributed by atoms with E-state index in [4.69, 9.17) is 4.74 Å². The Bertz CT molecular complexity index is 979. The van der Waals surface area contributed by atoms with E-state index in [0.717, 1.165) is 16.5 Å². The molecule has 10 nitrogen and oxygen atoms in total. The van der Waals surface area contributed by atoms with Crippen molar-refractivity contribution in [2.24, 2.45) is 0 Å². The van der Waals surface area contributed by atoms with E-state index in [-0.39, 0.29) is 17.8 Å². The number of imide groups is 1. The number of ether oxygens (including phenoxy) is 1. The van der Waals surface area contributed by atoms with Crippen LogP contribution in [0, 0.1) is 10.1 Å². The number of non-ortho nitro benzene ring substituents is 1. The van der Waals surface area contributed by atoms with E-state index in [1.807, 2.05) is 30.3 Å². The van der Waals surface area contributed by atoms with Gasteiger partial charge in [0, 0.05) is 37.5 Å². The summed E-state index contributed by atoms with van der Waals surface area (Å²) in [6.07, 6.45) is -1.23. The summed E-state index contributed by atoms with van der Waals surface area (Å²) in [5.74, 6) is -1.57. The number of esters is 1. The molecule has 0 unspecified atom stereocenters. The van der Waals surface area contributed by atoms with Gasteiger partial charge in [0.25, 0.3) is 11.6 Å². The molecule has 1 aliphatic rings. The maximum Gasteiger partial charge on any atom is 0.341 e. The number of carbonyl (C=O) groups excluding carboxylic acids is 3. The fourth-order valence-corrected chi connectivity index (χ4v) is 2.94. The second kappa shape index (κ2) is 9.03. The Hall–Kier alpha value is -3.95. The summed E-state index contributed by atoms with van der Waals surface area (Å²) >= 11 is 0. The molecule has 1 heterocycles. The minimum absolute atomic E-state index is 0.0781. The number of hydrogen-bond acceptors (Lipinski definition) is 7. The van der Waals surface area contributed by atoms with Gasteiger partial charge in [0.15, 0.2) is 6.10 Å². The number of nitrogens with zero attached hydrogens (tertiary/aromatic N) is 2. The Morgan fingerprint density at radius 3 is 2.63 bits per heavy atom. The summed E-state index contributed by atoms with van der Waals surface area (Å²) in [4.78, 5) is 48.2. The number of rotatable bonds is 7. The van der Waals surface area contributed by atoms with Crippen molar-refractivity contribution in [2.75, 3.05) is 18.4 Å². The quantitative estimate of drug-likeness (QED) is 0.405. The van der Waals surface area contributed by atoms with E-state index in [9.17, 15) is 24.5 Å². The van der Waals surface area contributed by atoms with Gasteiger partial charge in [-0.1, -0.05) is 30.3 Å². The molecule has 1 aliphatic heterocycles. The minimum Gasteiger partial charge on any atom is -0.449 e. The molecule has 0 aliphatic carbocycles. The number of nitro benzene ring substituents is 1. The van der Waals surface area contributed by atoms with E-state index in [2.05, 4.69) is 10.6 Å². The lowest BCUT2D eigenvalue weighted by molar-refractivity contribution is -0.384. The Morgan fingerprint density at radius 2 is 2.00 bits per heavy atom. The van der Waals surface area contributed by atoms with Gasteiger partial charge in [-0.15, -0.1) is 0 Å². The van der Waals surface area contributed by atoms with Gasteiger partial charge in [-0.05, 0) is 18.6 Å². The average molecular weight is 412 g/mol. The molecule has 2 aromatic carbocycles. The fourth-order valence-electron chi connectivity index (χ4n) is 2.94. The van der Waals surface area contributed by atoms with Crippen LogP contribution in [0.25, 0.3) is 0 Å². The largest absolute Gasteiger partial charge is 0.449 e. The van der Waals surface area contributed by atoms with Crippen LogP contribution >= 0.6 is 0 Å². The highest BCUT2D eigenvalue weighted by molar-refractivity contribution is 6.01. The lowest BCUT2D eigenvalue weighted by Crippen LogP contribution is -2.41. The standard InChI is InChI=1S/C20H20N4O6/c1-13(18(25)23-10-9-21-20(23)27)30-19(26)16-11-15(24(28)29)7-8-17(16)22-12-14-5-3-2-4-6-14/h2-8,11,13,22H,9-10,12H2,1H3,(H,21,27)/t13-/m1/s1. The van der Waals surface area contributed by atoms with Crippen molar-refractivity contribution in [3.05, 3.63) is 69.8 Å². The molecule has 0 saturated carbocycles. The normalized spacial score (nSPS) is 14.0. The zero-order chi connectivity index (χ0) is 21.7. The zero-order valence-electron chi connectivity index (χ0n) is 16.2. The molecule has 10 heteroatoms. The molecule has 1 fully saturated rings. The number of nitro groups is 1. The molecule has 30 heavy (non-hydrogen) atoms. The number of carbonyl (C=O) groups is 3. The Balaban J connectivity index is 1.78. The molecule has 0 bridgehead atoms. The lowest BCUT2D eigenvalue weighted by Gasteiger charge is -2.19. The van der Waals surface area contributed by atoms with E-state index in [1.54, 1.807) is 0 Å². The molecule has 0 spiro atoms. The second-order valence-corrected chi connectivity index (χ2v) is 6.60. The number of nitrogens with one attached hydrogen (secondary N) is 2. The predicted molar refractivity (Wildman–Crippen MR) is 107 cm³/mol. The molecule has 3 rings (SSSR count). The van der Waals surface area contributed by atoms with Gasteiger partial charge in [0.2, 0.25) is 0 Å². The minimum atomic E-state index is -1.23. The van der Waals surface area contributed by atoms with Gasteiger partial charge in [-0.25, -0.2) is 9.59 Å². The Labute approximate surface area is 172 Å². The molecule has 3 amide bonds. The Morgan fingerprint density at radius 1 is 1.27 bits per heavy atom. The van der Waals surface area contributed by atoms with E-state index in [1.165, 1.54) is 19.1 Å². The van der Waals surface area contributed by atoms with Crippen molar-refractivity contribution in [2.45, 2.75) is 19.6 Å². The van der Waals surface area contributed by atoms with Crippen LogP contribution in [0.15, 0.2) is 48.5 Å². The van der Waals surface area contributed by atoms with Crippen molar-refractivity contribution in [1.82, 2.24) is 10.2 Å². The SMILES string of the molecule is C[C@@H](OC(=O)c1cc([N+](=O)[O-])ccc1NCc1ccccc1)C(=O)N1CCNC1=O. The summed E-state index contributed by atoms with van der Waals surface area (Å²) in [5, 5.41) is 16.7. The molecular weight excluding hydrogens is 392 g/mol. The average Bonchev–Trinajstić information content (AvgIpc) is 3.17. The monoisotopic (exact) mass is 412 g/mol. The third-order valence-corrected chi connectivity index (χ3v) is 4.51. The highest BCUT2D eigenvalue weighted by Gasteiger charge is 2.32. The number of amides is 3. The molecule has 1 saturated heterocycles. The third kappa shape index (κ3) is 4.72. The number of urea groups is 1. The summed E-state index contributed by atoms with van der Waals surface area (Å²) in [6, 6.07) is 12.6.